The van der Waals surface area contributed by atoms with Crippen molar-refractivity contribution in [2.24, 2.45) is 0 Å². The van der Waals surface area contributed by atoms with Crippen LogP contribution in [-0.2, 0) is 0 Å². The average molecular weight is 398 g/mol. The molecule has 0 radical (unpaired) electrons. The largest absolute Gasteiger partial charge is 0.504 e. The van der Waals surface area contributed by atoms with Crippen molar-refractivity contribution in [3.63, 3.8) is 0 Å². The highest BCUT2D eigenvalue weighted by molar-refractivity contribution is 6.15. The smallest absolute Gasteiger partial charge is 0.205 e. The van der Waals surface area contributed by atoms with Crippen LogP contribution in [0.3, 0.4) is 0 Å². The summed E-state index contributed by atoms with van der Waals surface area (Å²) in [5.41, 5.74) is 1.83. The van der Waals surface area contributed by atoms with Crippen LogP contribution in [0.4, 0.5) is 0 Å². The maximum Gasteiger partial charge on any atom is 0.205 e. The number of carbonyl (C=O) groups is 1. The fraction of sp³-hybridized carbons (Fsp3) is 0.227. The lowest BCUT2D eigenvalue weighted by atomic mass is 10.0. The molecule has 0 saturated heterocycles. The Morgan fingerprint density at radius 2 is 1.69 bits per heavy atom. The van der Waals surface area contributed by atoms with Crippen LogP contribution < -0.4 is 18.9 Å². The molecule has 0 unspecified atom stereocenters. The predicted molar refractivity (Wildman–Crippen MR) is 109 cm³/mol. The fourth-order valence-corrected chi connectivity index (χ4v) is 3.21. The number of aromatic hydroxyl groups is 1. The van der Waals surface area contributed by atoms with E-state index in [1.165, 1.54) is 26.6 Å². The Morgan fingerprint density at radius 3 is 2.31 bits per heavy atom. The zero-order chi connectivity index (χ0) is 21.1. The van der Waals surface area contributed by atoms with Crippen LogP contribution in [0.25, 0.3) is 17.0 Å². The van der Waals surface area contributed by atoms with Gasteiger partial charge in [-0.2, -0.15) is 0 Å². The Labute approximate surface area is 168 Å². The van der Waals surface area contributed by atoms with Gasteiger partial charge in [-0.05, 0) is 42.8 Å². The summed E-state index contributed by atoms with van der Waals surface area (Å²) in [6, 6.07) is 5.24. The highest BCUT2D eigenvalue weighted by Gasteiger charge is 2.26. The van der Waals surface area contributed by atoms with Crippen LogP contribution in [-0.4, -0.2) is 39.3 Å². The van der Waals surface area contributed by atoms with Gasteiger partial charge < -0.3 is 28.5 Å². The number of aryl methyl sites for hydroxylation is 1. The maximum atomic E-state index is 13.0. The van der Waals surface area contributed by atoms with E-state index in [0.717, 1.165) is 5.56 Å². The number of allylic oxidation sites excluding steroid dienone is 1. The van der Waals surface area contributed by atoms with Crippen LogP contribution in [0, 0.1) is 6.92 Å². The Balaban J connectivity index is 2.10. The van der Waals surface area contributed by atoms with E-state index < -0.39 is 5.78 Å². The summed E-state index contributed by atoms with van der Waals surface area (Å²) < 4.78 is 26.7. The molecule has 0 atom stereocenters. The van der Waals surface area contributed by atoms with Crippen LogP contribution >= 0.6 is 0 Å². The number of rotatable bonds is 7. The third-order valence-corrected chi connectivity index (χ3v) is 4.61. The number of hydrogen-bond acceptors (Lipinski definition) is 7. The summed E-state index contributed by atoms with van der Waals surface area (Å²) in [5, 5.41) is 11.2. The average Bonchev–Trinajstić information content (AvgIpc) is 3.20. The molecule has 0 aliphatic heterocycles. The molecular formula is C22H22O7. The van der Waals surface area contributed by atoms with E-state index in [4.69, 9.17) is 23.4 Å². The SMILES string of the molecule is COc1cc(/C=C/C(=O)c2c(O)c(OC)c3occc3c2OC)c(OC)cc1C. The molecule has 1 heterocycles. The highest BCUT2D eigenvalue weighted by atomic mass is 16.5. The zero-order valence-corrected chi connectivity index (χ0v) is 16.9. The van der Waals surface area contributed by atoms with Crippen molar-refractivity contribution in [2.45, 2.75) is 6.92 Å². The second-order valence-corrected chi connectivity index (χ2v) is 6.21. The quantitative estimate of drug-likeness (QED) is 0.467. The Hall–Kier alpha value is -3.61. The topological polar surface area (TPSA) is 87.4 Å². The van der Waals surface area contributed by atoms with Crippen molar-refractivity contribution in [1.82, 2.24) is 0 Å². The van der Waals surface area contributed by atoms with E-state index in [2.05, 4.69) is 0 Å². The molecular weight excluding hydrogens is 376 g/mol. The first-order chi connectivity index (χ1) is 14.0. The molecule has 3 rings (SSSR count). The van der Waals surface area contributed by atoms with Gasteiger partial charge in [0.1, 0.15) is 22.8 Å². The van der Waals surface area contributed by atoms with Gasteiger partial charge in [0.25, 0.3) is 0 Å². The summed E-state index contributed by atoms with van der Waals surface area (Å²) in [4.78, 5) is 13.0. The molecule has 0 aliphatic carbocycles. The minimum Gasteiger partial charge on any atom is -0.504 e. The lowest BCUT2D eigenvalue weighted by molar-refractivity contribution is 0.104. The number of hydrogen-bond donors (Lipinski definition) is 1. The van der Waals surface area contributed by atoms with Crippen molar-refractivity contribution in [2.75, 3.05) is 28.4 Å². The normalized spacial score (nSPS) is 11.1. The summed E-state index contributed by atoms with van der Waals surface area (Å²) in [6.07, 6.45) is 4.35. The highest BCUT2D eigenvalue weighted by Crippen LogP contribution is 2.46. The van der Waals surface area contributed by atoms with Gasteiger partial charge in [0.15, 0.2) is 17.1 Å². The Morgan fingerprint density at radius 1 is 1.00 bits per heavy atom. The first-order valence-corrected chi connectivity index (χ1v) is 8.75. The summed E-state index contributed by atoms with van der Waals surface area (Å²) in [5.74, 6) is 0.704. The third-order valence-electron chi connectivity index (χ3n) is 4.61. The molecule has 0 fully saturated rings. The minimum absolute atomic E-state index is 0.0208. The van der Waals surface area contributed by atoms with Crippen molar-refractivity contribution in [1.29, 1.82) is 0 Å². The van der Waals surface area contributed by atoms with E-state index in [1.807, 2.05) is 13.0 Å². The number of ketones is 1. The molecule has 0 bridgehead atoms. The van der Waals surface area contributed by atoms with Crippen LogP contribution in [0.15, 0.2) is 35.0 Å². The molecule has 29 heavy (non-hydrogen) atoms. The van der Waals surface area contributed by atoms with Crippen molar-refractivity contribution in [3.05, 3.63) is 47.2 Å². The zero-order valence-electron chi connectivity index (χ0n) is 16.9. The number of phenolic OH excluding ortho intramolecular Hbond substituents is 1. The lowest BCUT2D eigenvalue weighted by Crippen LogP contribution is -2.02. The molecule has 3 aromatic rings. The van der Waals surface area contributed by atoms with Gasteiger partial charge in [-0.1, -0.05) is 0 Å². The maximum absolute atomic E-state index is 13.0. The molecule has 152 valence electrons. The number of phenols is 1. The van der Waals surface area contributed by atoms with E-state index in [9.17, 15) is 9.90 Å². The molecule has 2 aromatic carbocycles. The molecule has 0 saturated carbocycles. The van der Waals surface area contributed by atoms with Gasteiger partial charge in [0, 0.05) is 5.56 Å². The van der Waals surface area contributed by atoms with E-state index in [0.29, 0.717) is 28.0 Å². The second-order valence-electron chi connectivity index (χ2n) is 6.21. The van der Waals surface area contributed by atoms with Gasteiger partial charge in [-0.15, -0.1) is 0 Å². The molecule has 1 aromatic heterocycles. The summed E-state index contributed by atoms with van der Waals surface area (Å²) in [6.45, 7) is 1.90. The minimum atomic E-state index is -0.470. The number of furan rings is 1. The fourth-order valence-electron chi connectivity index (χ4n) is 3.21. The first kappa shape index (κ1) is 20.1. The van der Waals surface area contributed by atoms with Crippen molar-refractivity contribution >= 4 is 22.8 Å². The second kappa shape index (κ2) is 8.18. The summed E-state index contributed by atoms with van der Waals surface area (Å²) in [7, 11) is 5.93. The molecule has 0 spiro atoms. The molecule has 7 heteroatoms. The number of carbonyl (C=O) groups excluding carboxylic acids is 1. The van der Waals surface area contributed by atoms with Crippen molar-refractivity contribution in [3.8, 4) is 28.7 Å². The molecule has 0 amide bonds. The van der Waals surface area contributed by atoms with E-state index in [-0.39, 0.29) is 22.8 Å². The third kappa shape index (κ3) is 3.47. The number of benzene rings is 2. The van der Waals surface area contributed by atoms with E-state index >= 15 is 0 Å². The Bertz CT molecular complexity index is 1090. The molecule has 0 aliphatic rings. The number of ether oxygens (including phenoxy) is 4. The number of methoxy groups -OCH3 is 4. The van der Waals surface area contributed by atoms with Gasteiger partial charge in [0.2, 0.25) is 5.75 Å². The monoisotopic (exact) mass is 398 g/mol. The number of fused-ring (bicyclic) bond motifs is 1. The van der Waals surface area contributed by atoms with Crippen LogP contribution in [0.2, 0.25) is 0 Å². The van der Waals surface area contributed by atoms with Gasteiger partial charge >= 0.3 is 0 Å². The standard InChI is InChI=1S/C22H22O7/c1-12-10-17(26-3)13(11-16(12)25-2)6-7-15(23)18-19(24)22(28-5)21-14(8-9-29-21)20(18)27-4/h6-11,24H,1-5H3/b7-6+. The van der Waals surface area contributed by atoms with Gasteiger partial charge in [-0.25, -0.2) is 0 Å². The molecule has 7 nitrogen and oxygen atoms in total. The summed E-state index contributed by atoms with van der Waals surface area (Å²) >= 11 is 0. The van der Waals surface area contributed by atoms with Crippen LogP contribution in [0.5, 0.6) is 28.7 Å². The van der Waals surface area contributed by atoms with E-state index in [1.54, 1.807) is 32.4 Å². The predicted octanol–water partition coefficient (Wildman–Crippen LogP) is 4.38. The van der Waals surface area contributed by atoms with Gasteiger partial charge in [-0.3, -0.25) is 4.79 Å². The lowest BCUT2D eigenvalue weighted by Gasteiger charge is -2.13. The van der Waals surface area contributed by atoms with Crippen LogP contribution in [0.1, 0.15) is 21.5 Å². The molecule has 1 N–H and O–H groups in total. The first-order valence-electron chi connectivity index (χ1n) is 8.75. The van der Waals surface area contributed by atoms with Crippen molar-refractivity contribution < 1.29 is 33.3 Å². The van der Waals surface area contributed by atoms with Gasteiger partial charge in [0.05, 0.1) is 40.1 Å². The Kier molecular flexibility index (Phi) is 5.68.